The highest BCUT2D eigenvalue weighted by Gasteiger charge is 2.35. The fourth-order valence-corrected chi connectivity index (χ4v) is 6.33. The predicted octanol–water partition coefficient (Wildman–Crippen LogP) is 3.57. The zero-order valence-electron chi connectivity index (χ0n) is 31.0. The third-order valence-corrected chi connectivity index (χ3v) is 9.38. The molecule has 4 aromatic rings. The van der Waals surface area contributed by atoms with Crippen molar-refractivity contribution in [1.29, 1.82) is 0 Å². The fraction of sp³-hybridized carbons (Fsp3) is 0.543. The predicted molar refractivity (Wildman–Crippen MR) is 193 cm³/mol. The number of alkyl halides is 4. The van der Waals surface area contributed by atoms with Crippen LogP contribution in [0, 0.1) is 0 Å². The first-order valence-corrected chi connectivity index (χ1v) is 17.8. The number of piperazine rings is 1. The van der Waals surface area contributed by atoms with Crippen molar-refractivity contribution in [3.63, 3.8) is 0 Å². The fourth-order valence-electron chi connectivity index (χ4n) is 6.33. The molecule has 54 heavy (non-hydrogen) atoms. The Morgan fingerprint density at radius 2 is 1.80 bits per heavy atom. The standard InChI is InChI=1S/C35H46F4N12O3/c1-34(2,3)51-19-22(17-41-51)33(53)40-18-29-44-31(46-54-29)30-27(16-35(37,38)39)50-20-23(42-28(52)7-6-9-49-13-11-47(4)12-14-49)15-26(32(50)45-30)43-25-8-10-48(5)21-24(25)36/h6-7,15,17,19-20,24-25,43H,8-14,16,18,21H2,1-5H3,(H,40,53)(H,42,52)/b7-6+/t24-,25+/m0/s1. The van der Waals surface area contributed by atoms with Gasteiger partial charge in [0.2, 0.25) is 17.6 Å². The van der Waals surface area contributed by atoms with Gasteiger partial charge in [-0.25, -0.2) is 9.37 Å². The molecule has 2 saturated heterocycles. The molecule has 3 N–H and O–H groups in total. The van der Waals surface area contributed by atoms with Gasteiger partial charge in [0.1, 0.15) is 11.9 Å². The lowest BCUT2D eigenvalue weighted by Crippen LogP contribution is -2.46. The second-order valence-corrected chi connectivity index (χ2v) is 14.9. The second kappa shape index (κ2) is 15.8. The number of piperidine rings is 1. The Labute approximate surface area is 309 Å². The van der Waals surface area contributed by atoms with Gasteiger partial charge in [0, 0.05) is 64.3 Å². The molecule has 6 heterocycles. The summed E-state index contributed by atoms with van der Waals surface area (Å²) in [6.45, 7) is 10.5. The number of rotatable bonds is 11. The van der Waals surface area contributed by atoms with Crippen molar-refractivity contribution >= 4 is 28.8 Å². The van der Waals surface area contributed by atoms with E-state index in [1.807, 2.05) is 32.7 Å². The number of imidazole rings is 1. The van der Waals surface area contributed by atoms with Crippen molar-refractivity contribution in [2.75, 3.05) is 70.5 Å². The molecule has 2 amide bonds. The summed E-state index contributed by atoms with van der Waals surface area (Å²) in [7, 11) is 3.86. The van der Waals surface area contributed by atoms with Crippen LogP contribution in [-0.4, -0.2) is 134 Å². The first kappa shape index (κ1) is 38.8. The summed E-state index contributed by atoms with van der Waals surface area (Å²) < 4.78 is 65.9. The van der Waals surface area contributed by atoms with Crippen molar-refractivity contribution in [3.8, 4) is 11.5 Å². The molecular weight excluding hydrogens is 712 g/mol. The third-order valence-electron chi connectivity index (χ3n) is 9.38. The van der Waals surface area contributed by atoms with Gasteiger partial charge in [0.25, 0.3) is 5.91 Å². The molecule has 0 saturated carbocycles. The first-order chi connectivity index (χ1) is 25.5. The molecule has 2 fully saturated rings. The zero-order valence-corrected chi connectivity index (χ0v) is 31.0. The molecular formula is C35H46F4N12O3. The number of likely N-dealkylation sites (N-methyl/N-ethyl adjacent to an activating group) is 1. The van der Waals surface area contributed by atoms with Crippen LogP contribution >= 0.6 is 0 Å². The molecule has 0 aliphatic carbocycles. The Bertz CT molecular complexity index is 1970. The number of likely N-dealkylation sites (tertiary alicyclic amines) is 1. The monoisotopic (exact) mass is 758 g/mol. The minimum Gasteiger partial charge on any atom is -0.376 e. The van der Waals surface area contributed by atoms with Gasteiger partial charge < -0.3 is 30.3 Å². The highest BCUT2D eigenvalue weighted by molar-refractivity contribution is 6.00. The number of hydrogen-bond acceptors (Lipinski definition) is 11. The minimum absolute atomic E-state index is 0.0505. The summed E-state index contributed by atoms with van der Waals surface area (Å²) in [5.74, 6) is -1.26. The van der Waals surface area contributed by atoms with Crippen LogP contribution in [0.2, 0.25) is 0 Å². The van der Waals surface area contributed by atoms with Crippen LogP contribution in [0.3, 0.4) is 0 Å². The van der Waals surface area contributed by atoms with E-state index in [9.17, 15) is 22.8 Å². The van der Waals surface area contributed by atoms with Crippen LogP contribution < -0.4 is 16.0 Å². The smallest absolute Gasteiger partial charge is 0.376 e. The Kier molecular flexibility index (Phi) is 11.4. The van der Waals surface area contributed by atoms with Gasteiger partial charge in [-0.1, -0.05) is 11.2 Å². The van der Waals surface area contributed by atoms with Crippen LogP contribution in [0.5, 0.6) is 0 Å². The molecule has 19 heteroatoms. The largest absolute Gasteiger partial charge is 0.394 e. The van der Waals surface area contributed by atoms with Crippen LogP contribution in [-0.2, 0) is 23.3 Å². The molecule has 292 valence electrons. The van der Waals surface area contributed by atoms with Crippen molar-refractivity contribution in [1.82, 2.24) is 49.3 Å². The van der Waals surface area contributed by atoms with E-state index in [0.29, 0.717) is 25.1 Å². The lowest BCUT2D eigenvalue weighted by atomic mass is 10.0. The number of carbonyl (C=O) groups is 2. The summed E-state index contributed by atoms with van der Waals surface area (Å²) in [6.07, 6.45) is 0.521. The lowest BCUT2D eigenvalue weighted by Gasteiger charge is -2.33. The van der Waals surface area contributed by atoms with Crippen LogP contribution in [0.1, 0.15) is 49.1 Å². The average molecular weight is 759 g/mol. The van der Waals surface area contributed by atoms with Gasteiger partial charge in [-0.3, -0.25) is 23.6 Å². The Hall–Kier alpha value is -4.88. The Balaban J connectivity index is 1.29. The maximum Gasteiger partial charge on any atom is 0.394 e. The molecule has 0 bridgehead atoms. The number of pyridine rings is 1. The van der Waals surface area contributed by atoms with Crippen molar-refractivity contribution < 1.29 is 31.7 Å². The normalized spacial score (nSPS) is 19.5. The lowest BCUT2D eigenvalue weighted by molar-refractivity contribution is -0.127. The number of nitrogens with zero attached hydrogens (tertiary/aromatic N) is 9. The van der Waals surface area contributed by atoms with Gasteiger partial charge in [-0.15, -0.1) is 0 Å². The van der Waals surface area contributed by atoms with Crippen LogP contribution in [0.25, 0.3) is 17.2 Å². The topological polar surface area (TPSA) is 154 Å². The summed E-state index contributed by atoms with van der Waals surface area (Å²) in [5, 5.41) is 16.7. The van der Waals surface area contributed by atoms with Gasteiger partial charge in [0.05, 0.1) is 53.4 Å². The SMILES string of the molecule is CN1CCN(C/C=C/C(=O)Nc2cc(N[C@@H]3CCN(C)C[C@@H]3F)c3nc(-c4noc(CNC(=O)c5cnn(C(C)(C)C)c5)n4)c(CC(F)(F)F)n3c2)CC1. The zero-order chi connectivity index (χ0) is 38.8. The molecule has 4 aromatic heterocycles. The maximum atomic E-state index is 15.2. The van der Waals surface area contributed by atoms with Gasteiger partial charge in [-0.2, -0.15) is 23.3 Å². The summed E-state index contributed by atoms with van der Waals surface area (Å²) in [5.41, 5.74) is -0.159. The third kappa shape index (κ3) is 9.61. The molecule has 2 aliphatic heterocycles. The summed E-state index contributed by atoms with van der Waals surface area (Å²) in [4.78, 5) is 40.9. The number of halogens is 4. The molecule has 0 unspecified atom stereocenters. The van der Waals surface area contributed by atoms with E-state index in [2.05, 4.69) is 53.0 Å². The van der Waals surface area contributed by atoms with E-state index >= 15 is 4.39 Å². The molecule has 0 spiro atoms. The van der Waals surface area contributed by atoms with Crippen molar-refractivity contribution in [2.24, 2.45) is 0 Å². The number of nitrogens with one attached hydrogen (secondary N) is 3. The van der Waals surface area contributed by atoms with E-state index in [0.717, 1.165) is 26.2 Å². The highest BCUT2D eigenvalue weighted by atomic mass is 19.4. The molecule has 0 aromatic carbocycles. The van der Waals surface area contributed by atoms with Crippen molar-refractivity contribution in [3.05, 3.63) is 54.0 Å². The number of fused-ring (bicyclic) bond motifs is 1. The van der Waals surface area contributed by atoms with E-state index in [4.69, 9.17) is 4.52 Å². The van der Waals surface area contributed by atoms with E-state index in [-0.39, 0.29) is 58.8 Å². The van der Waals surface area contributed by atoms with Gasteiger partial charge in [-0.05, 0) is 47.4 Å². The molecule has 6 rings (SSSR count). The molecule has 0 radical (unpaired) electrons. The first-order valence-electron chi connectivity index (χ1n) is 17.8. The maximum absolute atomic E-state index is 15.2. The summed E-state index contributed by atoms with van der Waals surface area (Å²) in [6, 6.07) is 0.862. The van der Waals surface area contributed by atoms with E-state index in [1.165, 1.54) is 28.9 Å². The second-order valence-electron chi connectivity index (χ2n) is 14.9. The summed E-state index contributed by atoms with van der Waals surface area (Å²) >= 11 is 0. The Morgan fingerprint density at radius 3 is 2.48 bits per heavy atom. The molecule has 2 atom stereocenters. The number of amides is 2. The number of anilines is 2. The number of carbonyl (C=O) groups excluding carboxylic acids is 2. The molecule has 15 nitrogen and oxygen atoms in total. The number of hydrogen-bond donors (Lipinski definition) is 3. The van der Waals surface area contributed by atoms with Crippen LogP contribution in [0.15, 0.2) is 41.3 Å². The molecule has 2 aliphatic rings. The highest BCUT2D eigenvalue weighted by Crippen LogP contribution is 2.34. The van der Waals surface area contributed by atoms with Gasteiger partial charge in [0.15, 0.2) is 5.65 Å². The van der Waals surface area contributed by atoms with Crippen LogP contribution in [0.4, 0.5) is 28.9 Å². The Morgan fingerprint density at radius 1 is 1.04 bits per heavy atom. The van der Waals surface area contributed by atoms with Gasteiger partial charge >= 0.3 is 6.18 Å². The quantitative estimate of drug-likeness (QED) is 0.152. The van der Waals surface area contributed by atoms with E-state index < -0.39 is 36.6 Å². The average Bonchev–Trinajstić information content (AvgIpc) is 3.85. The minimum atomic E-state index is -4.68. The number of aromatic nitrogens is 6. The van der Waals surface area contributed by atoms with Crippen molar-refractivity contribution in [2.45, 2.75) is 64.1 Å². The van der Waals surface area contributed by atoms with E-state index in [1.54, 1.807) is 17.0 Å².